The van der Waals surface area contributed by atoms with Gasteiger partial charge in [0.05, 0.1) is 18.8 Å². The van der Waals surface area contributed by atoms with Crippen LogP contribution in [0.1, 0.15) is 36.6 Å². The van der Waals surface area contributed by atoms with E-state index < -0.39 is 0 Å². The zero-order valence-corrected chi connectivity index (χ0v) is 20.8. The Balaban J connectivity index is 0.00000300. The Morgan fingerprint density at radius 2 is 1.83 bits per heavy atom. The van der Waals surface area contributed by atoms with Crippen LogP contribution in [0.2, 0.25) is 0 Å². The predicted molar refractivity (Wildman–Crippen MR) is 134 cm³/mol. The van der Waals surface area contributed by atoms with E-state index in [1.54, 1.807) is 11.3 Å². The van der Waals surface area contributed by atoms with E-state index in [4.69, 9.17) is 4.99 Å². The van der Waals surface area contributed by atoms with Gasteiger partial charge in [0.25, 0.3) is 0 Å². The van der Waals surface area contributed by atoms with E-state index in [2.05, 4.69) is 57.1 Å². The molecule has 1 aliphatic rings. The van der Waals surface area contributed by atoms with Crippen molar-refractivity contribution in [3.8, 4) is 0 Å². The van der Waals surface area contributed by atoms with Crippen molar-refractivity contribution in [2.75, 3.05) is 38.6 Å². The van der Waals surface area contributed by atoms with E-state index in [1.165, 1.54) is 37.1 Å². The molecule has 0 spiro atoms. The molecular weight excluding hydrogens is 495 g/mol. The molecule has 1 aliphatic heterocycles. The Morgan fingerprint density at radius 3 is 2.45 bits per heavy atom. The van der Waals surface area contributed by atoms with E-state index in [0.29, 0.717) is 13.1 Å². The topological polar surface area (TPSA) is 55.8 Å². The summed E-state index contributed by atoms with van der Waals surface area (Å²) in [6, 6.07) is 8.87. The summed E-state index contributed by atoms with van der Waals surface area (Å²) < 4.78 is 0. The molecule has 2 N–H and O–H groups in total. The fraction of sp³-hybridized carbons (Fsp3) is 0.524. The number of thiazole rings is 1. The number of guanidine groups is 1. The van der Waals surface area contributed by atoms with Crippen molar-refractivity contribution in [3.63, 3.8) is 0 Å². The van der Waals surface area contributed by atoms with Crippen molar-refractivity contribution in [2.45, 2.75) is 39.4 Å². The van der Waals surface area contributed by atoms with Gasteiger partial charge in [0, 0.05) is 32.6 Å². The maximum Gasteiger partial charge on any atom is 0.191 e. The van der Waals surface area contributed by atoms with Gasteiger partial charge in [-0.3, -0.25) is 4.90 Å². The number of hydrogen-bond acceptors (Lipinski definition) is 5. The summed E-state index contributed by atoms with van der Waals surface area (Å²) in [6.07, 6.45) is 2.68. The van der Waals surface area contributed by atoms with Crippen LogP contribution < -0.4 is 15.5 Å². The molecular formula is C21H33IN6S. The lowest BCUT2D eigenvalue weighted by Crippen LogP contribution is -2.36. The summed E-state index contributed by atoms with van der Waals surface area (Å²) >= 11 is 1.66. The average Bonchev–Trinajstić information content (AvgIpc) is 3.37. The molecule has 0 aliphatic carbocycles. The van der Waals surface area contributed by atoms with Crippen LogP contribution in [0, 0.1) is 0 Å². The Morgan fingerprint density at radius 1 is 1.14 bits per heavy atom. The maximum absolute atomic E-state index is 4.72. The molecule has 0 bridgehead atoms. The molecule has 0 radical (unpaired) electrons. The van der Waals surface area contributed by atoms with Crippen molar-refractivity contribution in [3.05, 3.63) is 46.5 Å². The van der Waals surface area contributed by atoms with Crippen molar-refractivity contribution in [1.29, 1.82) is 0 Å². The largest absolute Gasteiger partial charge is 0.357 e. The van der Waals surface area contributed by atoms with Crippen molar-refractivity contribution in [1.82, 2.24) is 20.5 Å². The smallest absolute Gasteiger partial charge is 0.191 e. The molecule has 1 saturated heterocycles. The lowest BCUT2D eigenvalue weighted by molar-refractivity contribution is 0.331. The molecule has 1 fully saturated rings. The Bertz CT molecular complexity index is 753. The van der Waals surface area contributed by atoms with Gasteiger partial charge in [0.2, 0.25) is 0 Å². The van der Waals surface area contributed by atoms with Crippen molar-refractivity contribution in [2.24, 2.45) is 4.99 Å². The summed E-state index contributed by atoms with van der Waals surface area (Å²) in [5, 5.41) is 9.80. The molecule has 2 aromatic rings. The van der Waals surface area contributed by atoms with E-state index in [9.17, 15) is 0 Å². The second kappa shape index (κ2) is 12.3. The van der Waals surface area contributed by atoms with Gasteiger partial charge in [0.1, 0.15) is 0 Å². The van der Waals surface area contributed by atoms with E-state index in [1.807, 2.05) is 19.0 Å². The molecule has 6 nitrogen and oxygen atoms in total. The summed E-state index contributed by atoms with van der Waals surface area (Å²) in [5.74, 6) is 0.822. The van der Waals surface area contributed by atoms with Gasteiger partial charge >= 0.3 is 0 Å². The number of hydrogen-bond donors (Lipinski definition) is 2. The Hall–Kier alpha value is -1.39. The third kappa shape index (κ3) is 7.75. The van der Waals surface area contributed by atoms with Crippen LogP contribution in [0.25, 0.3) is 0 Å². The lowest BCUT2D eigenvalue weighted by atomic mass is 10.1. The Kier molecular flexibility index (Phi) is 10.2. The monoisotopic (exact) mass is 528 g/mol. The van der Waals surface area contributed by atoms with Crippen LogP contribution in [0.3, 0.4) is 0 Å². The van der Waals surface area contributed by atoms with E-state index in [-0.39, 0.29) is 24.0 Å². The normalized spacial score (nSPS) is 14.5. The van der Waals surface area contributed by atoms with E-state index >= 15 is 0 Å². The van der Waals surface area contributed by atoms with E-state index in [0.717, 1.165) is 29.9 Å². The van der Waals surface area contributed by atoms with Crippen molar-refractivity contribution < 1.29 is 0 Å². The minimum atomic E-state index is 0. The quantitative estimate of drug-likeness (QED) is 0.311. The molecule has 0 amide bonds. The van der Waals surface area contributed by atoms with Gasteiger partial charge in [-0.2, -0.15) is 0 Å². The molecule has 8 heteroatoms. The number of likely N-dealkylation sites (tertiary alicyclic amines) is 1. The number of anilines is 1. The third-order valence-corrected chi connectivity index (χ3v) is 5.81. The number of aliphatic imine (C=N–C) groups is 1. The molecule has 2 heterocycles. The first-order chi connectivity index (χ1) is 13.6. The van der Waals surface area contributed by atoms with Crippen LogP contribution in [-0.4, -0.2) is 49.6 Å². The molecule has 3 rings (SSSR count). The summed E-state index contributed by atoms with van der Waals surface area (Å²) in [7, 11) is 4.02. The van der Waals surface area contributed by atoms with Crippen molar-refractivity contribution >= 4 is 46.4 Å². The van der Waals surface area contributed by atoms with Crippen LogP contribution >= 0.6 is 35.3 Å². The SMILES string of the molecule is CCNC(=NCc1ccc(CN2CCCC2)cc1)NCc1csc(N(C)C)n1.I. The summed E-state index contributed by atoms with van der Waals surface area (Å²) in [5.41, 5.74) is 3.65. The van der Waals surface area contributed by atoms with Crippen LogP contribution in [0.5, 0.6) is 0 Å². The minimum absolute atomic E-state index is 0. The van der Waals surface area contributed by atoms with Gasteiger partial charge in [0.15, 0.2) is 11.1 Å². The first-order valence-corrected chi connectivity index (χ1v) is 11.0. The van der Waals surface area contributed by atoms with Gasteiger partial charge < -0.3 is 15.5 Å². The molecule has 29 heavy (non-hydrogen) atoms. The lowest BCUT2D eigenvalue weighted by Gasteiger charge is -2.14. The Labute approximate surface area is 195 Å². The fourth-order valence-corrected chi connectivity index (χ4v) is 3.98. The molecule has 1 aromatic carbocycles. The predicted octanol–water partition coefficient (Wildman–Crippen LogP) is 3.68. The second-order valence-corrected chi connectivity index (χ2v) is 8.20. The summed E-state index contributed by atoms with van der Waals surface area (Å²) in [6.45, 7) is 7.79. The molecule has 160 valence electrons. The first kappa shape index (κ1) is 23.9. The molecule has 0 unspecified atom stereocenters. The van der Waals surface area contributed by atoms with Gasteiger partial charge in [-0.25, -0.2) is 9.98 Å². The van der Waals surface area contributed by atoms with Crippen LogP contribution in [-0.2, 0) is 19.6 Å². The number of halogens is 1. The number of rotatable bonds is 8. The molecule has 0 atom stereocenters. The third-order valence-electron chi connectivity index (χ3n) is 4.75. The zero-order chi connectivity index (χ0) is 19.8. The summed E-state index contributed by atoms with van der Waals surface area (Å²) in [4.78, 5) is 13.9. The van der Waals surface area contributed by atoms with Crippen LogP contribution in [0.4, 0.5) is 5.13 Å². The number of nitrogens with one attached hydrogen (secondary N) is 2. The van der Waals surface area contributed by atoms with Crippen LogP contribution in [0.15, 0.2) is 34.6 Å². The number of benzene rings is 1. The highest BCUT2D eigenvalue weighted by atomic mass is 127. The average molecular weight is 529 g/mol. The van der Waals surface area contributed by atoms with Gasteiger partial charge in [-0.05, 0) is 44.0 Å². The van der Waals surface area contributed by atoms with Gasteiger partial charge in [-0.15, -0.1) is 35.3 Å². The molecule has 1 aromatic heterocycles. The van der Waals surface area contributed by atoms with Gasteiger partial charge in [-0.1, -0.05) is 24.3 Å². The fourth-order valence-electron chi connectivity index (χ4n) is 3.22. The maximum atomic E-state index is 4.72. The molecule has 0 saturated carbocycles. The second-order valence-electron chi connectivity index (χ2n) is 7.36. The standard InChI is InChI=1S/C21H32N6S.HI/c1-4-22-20(24-14-19-16-28-21(25-19)26(2)3)23-13-17-7-9-18(10-8-17)15-27-11-5-6-12-27;/h7-10,16H,4-6,11-15H2,1-3H3,(H2,22,23,24);1H. The highest BCUT2D eigenvalue weighted by Crippen LogP contribution is 2.17. The zero-order valence-electron chi connectivity index (χ0n) is 17.6. The highest BCUT2D eigenvalue weighted by molar-refractivity contribution is 14.0. The highest BCUT2D eigenvalue weighted by Gasteiger charge is 2.11. The number of nitrogens with zero attached hydrogens (tertiary/aromatic N) is 4. The first-order valence-electron chi connectivity index (χ1n) is 10.1. The number of aromatic nitrogens is 1. The minimum Gasteiger partial charge on any atom is -0.357 e.